The minimum absolute atomic E-state index is 0.0861. The van der Waals surface area contributed by atoms with Crippen LogP contribution in [0, 0.1) is 5.92 Å². The predicted molar refractivity (Wildman–Crippen MR) is 61.2 cm³/mol. The molecule has 0 aromatic carbocycles. The van der Waals surface area contributed by atoms with Gasteiger partial charge in [0.15, 0.2) is 0 Å². The monoisotopic (exact) mass is 267 g/mol. The minimum atomic E-state index is -4.25. The number of halogens is 3. The van der Waals surface area contributed by atoms with Gasteiger partial charge >= 0.3 is 12.3 Å². The number of alkyl halides is 3. The lowest BCUT2D eigenvalue weighted by molar-refractivity contribution is -0.178. The summed E-state index contributed by atoms with van der Waals surface area (Å²) in [4.78, 5) is 13.0. The lowest BCUT2D eigenvalue weighted by atomic mass is 10.0. The van der Waals surface area contributed by atoms with Gasteiger partial charge in [-0.05, 0) is 33.6 Å². The van der Waals surface area contributed by atoms with Crippen molar-refractivity contribution in [2.45, 2.75) is 51.8 Å². The molecule has 18 heavy (non-hydrogen) atoms. The summed E-state index contributed by atoms with van der Waals surface area (Å²) in [6.07, 6.45) is -3.73. The molecule has 1 fully saturated rings. The van der Waals surface area contributed by atoms with Gasteiger partial charge in [0, 0.05) is 13.1 Å². The summed E-state index contributed by atoms with van der Waals surface area (Å²) >= 11 is 0. The van der Waals surface area contributed by atoms with Crippen molar-refractivity contribution < 1.29 is 22.7 Å². The number of amides is 1. The first-order chi connectivity index (χ1) is 8.09. The van der Waals surface area contributed by atoms with E-state index in [0.717, 1.165) is 0 Å². The van der Waals surface area contributed by atoms with Crippen molar-refractivity contribution in [3.63, 3.8) is 0 Å². The molecule has 0 bridgehead atoms. The van der Waals surface area contributed by atoms with Gasteiger partial charge in [0.05, 0.1) is 5.92 Å². The van der Waals surface area contributed by atoms with E-state index >= 15 is 0 Å². The highest BCUT2D eigenvalue weighted by Crippen LogP contribution is 2.33. The molecule has 0 saturated carbocycles. The van der Waals surface area contributed by atoms with Gasteiger partial charge in [0.25, 0.3) is 0 Å². The number of ether oxygens (including phenoxy) is 1. The van der Waals surface area contributed by atoms with Crippen LogP contribution < -0.4 is 0 Å². The molecule has 0 N–H and O–H groups in total. The summed E-state index contributed by atoms with van der Waals surface area (Å²) in [6, 6.07) is 0. The Morgan fingerprint density at radius 2 is 1.83 bits per heavy atom. The molecular weight excluding hydrogens is 247 g/mol. The van der Waals surface area contributed by atoms with Crippen molar-refractivity contribution >= 4 is 6.09 Å². The molecule has 0 aromatic heterocycles. The summed E-state index contributed by atoms with van der Waals surface area (Å²) in [5.41, 5.74) is -0.683. The molecule has 6 heteroatoms. The number of nitrogens with zero attached hydrogens (tertiary/aromatic N) is 1. The lowest BCUT2D eigenvalue weighted by Crippen LogP contribution is -2.41. The van der Waals surface area contributed by atoms with Gasteiger partial charge in [-0.15, -0.1) is 0 Å². The number of likely N-dealkylation sites (tertiary alicyclic amines) is 1. The van der Waals surface area contributed by atoms with E-state index < -0.39 is 23.8 Å². The van der Waals surface area contributed by atoms with E-state index in [0.29, 0.717) is 19.4 Å². The maximum absolute atomic E-state index is 12.7. The molecule has 1 amide bonds. The summed E-state index contributed by atoms with van der Waals surface area (Å²) in [7, 11) is 0. The van der Waals surface area contributed by atoms with E-state index in [1.165, 1.54) is 4.90 Å². The highest BCUT2D eigenvalue weighted by atomic mass is 19.4. The molecular formula is C12H20F3NO2. The average Bonchev–Trinajstić information content (AvgIpc) is 2.38. The smallest absolute Gasteiger partial charge is 0.410 e. The molecule has 1 rings (SSSR count). The third-order valence-corrected chi connectivity index (χ3v) is 2.79. The summed E-state index contributed by atoms with van der Waals surface area (Å²) < 4.78 is 43.3. The first kappa shape index (κ1) is 15.1. The van der Waals surface area contributed by atoms with Crippen molar-refractivity contribution in [3.8, 4) is 0 Å². The Kier molecular flexibility index (Phi) is 4.50. The van der Waals surface area contributed by atoms with Crippen LogP contribution in [-0.2, 0) is 4.74 Å². The topological polar surface area (TPSA) is 29.5 Å². The highest BCUT2D eigenvalue weighted by molar-refractivity contribution is 5.68. The molecule has 1 aliphatic rings. The summed E-state index contributed by atoms with van der Waals surface area (Å²) in [5, 5.41) is 0. The predicted octanol–water partition coefficient (Wildman–Crippen LogP) is 3.59. The number of carbonyl (C=O) groups excluding carboxylic acids is 1. The molecule has 1 saturated heterocycles. The summed E-state index contributed by atoms with van der Waals surface area (Å²) in [6.45, 7) is 5.14. The second-order valence-electron chi connectivity index (χ2n) is 5.66. The Bertz CT molecular complexity index is 297. The fourth-order valence-corrected chi connectivity index (χ4v) is 1.90. The molecule has 0 spiro atoms. The molecule has 1 unspecified atom stereocenters. The number of hydrogen-bond acceptors (Lipinski definition) is 2. The Hall–Kier alpha value is -0.940. The van der Waals surface area contributed by atoms with Crippen molar-refractivity contribution in [2.75, 3.05) is 13.1 Å². The lowest BCUT2D eigenvalue weighted by Gasteiger charge is -2.28. The van der Waals surface area contributed by atoms with Crippen molar-refractivity contribution in [2.24, 2.45) is 5.92 Å². The fraction of sp³-hybridized carbons (Fsp3) is 0.917. The molecule has 3 nitrogen and oxygen atoms in total. The van der Waals surface area contributed by atoms with E-state index in [-0.39, 0.29) is 13.0 Å². The van der Waals surface area contributed by atoms with E-state index in [2.05, 4.69) is 0 Å². The van der Waals surface area contributed by atoms with E-state index in [4.69, 9.17) is 4.74 Å². The van der Waals surface area contributed by atoms with Gasteiger partial charge in [-0.1, -0.05) is 6.42 Å². The fourth-order valence-electron chi connectivity index (χ4n) is 1.90. The van der Waals surface area contributed by atoms with Gasteiger partial charge in [-0.3, -0.25) is 0 Å². The maximum Gasteiger partial charge on any atom is 0.410 e. The third kappa shape index (κ3) is 4.74. The normalized spacial score (nSPS) is 22.6. The first-order valence-corrected chi connectivity index (χ1v) is 6.14. The van der Waals surface area contributed by atoms with Gasteiger partial charge in [0.1, 0.15) is 5.60 Å². The van der Waals surface area contributed by atoms with Crippen molar-refractivity contribution in [3.05, 3.63) is 0 Å². The van der Waals surface area contributed by atoms with Gasteiger partial charge in [0.2, 0.25) is 0 Å². The Morgan fingerprint density at radius 1 is 1.22 bits per heavy atom. The van der Waals surface area contributed by atoms with Crippen LogP contribution in [0.5, 0.6) is 0 Å². The van der Waals surface area contributed by atoms with Crippen LogP contribution in [0.25, 0.3) is 0 Å². The second-order valence-corrected chi connectivity index (χ2v) is 5.66. The van der Waals surface area contributed by atoms with Gasteiger partial charge in [-0.2, -0.15) is 13.2 Å². The molecule has 0 aliphatic carbocycles. The number of rotatable bonds is 0. The van der Waals surface area contributed by atoms with Gasteiger partial charge < -0.3 is 9.64 Å². The minimum Gasteiger partial charge on any atom is -0.444 e. The van der Waals surface area contributed by atoms with E-state index in [9.17, 15) is 18.0 Å². The third-order valence-electron chi connectivity index (χ3n) is 2.79. The van der Waals surface area contributed by atoms with Crippen LogP contribution in [-0.4, -0.2) is 35.9 Å². The highest BCUT2D eigenvalue weighted by Gasteiger charge is 2.42. The van der Waals surface area contributed by atoms with Crippen LogP contribution in [0.2, 0.25) is 0 Å². The van der Waals surface area contributed by atoms with Crippen LogP contribution >= 0.6 is 0 Å². The Balaban J connectivity index is 2.67. The standard InChI is InChI=1S/C12H20F3NO2/c1-11(2,3)18-10(17)16-7-5-4-6-9(8-16)12(13,14)15/h9H,4-8H2,1-3H3. The zero-order chi connectivity index (χ0) is 14.0. The maximum atomic E-state index is 12.7. The number of carbonyl (C=O) groups is 1. The quantitative estimate of drug-likeness (QED) is 0.671. The summed E-state index contributed by atoms with van der Waals surface area (Å²) in [5.74, 6) is -1.44. The zero-order valence-electron chi connectivity index (χ0n) is 11.0. The molecule has 1 heterocycles. The molecule has 1 aliphatic heterocycles. The molecule has 0 radical (unpaired) electrons. The van der Waals surface area contributed by atoms with Crippen LogP contribution in [0.15, 0.2) is 0 Å². The molecule has 106 valence electrons. The van der Waals surface area contributed by atoms with E-state index in [1.54, 1.807) is 20.8 Å². The van der Waals surface area contributed by atoms with Crippen molar-refractivity contribution in [1.29, 1.82) is 0 Å². The second kappa shape index (κ2) is 5.36. The Morgan fingerprint density at radius 3 is 2.33 bits per heavy atom. The van der Waals surface area contributed by atoms with Crippen molar-refractivity contribution in [1.82, 2.24) is 4.90 Å². The molecule has 0 aromatic rings. The van der Waals surface area contributed by atoms with Crippen LogP contribution in [0.4, 0.5) is 18.0 Å². The number of hydrogen-bond donors (Lipinski definition) is 0. The van der Waals surface area contributed by atoms with Crippen LogP contribution in [0.3, 0.4) is 0 Å². The van der Waals surface area contributed by atoms with Crippen LogP contribution in [0.1, 0.15) is 40.0 Å². The Labute approximate surface area is 105 Å². The average molecular weight is 267 g/mol. The van der Waals surface area contributed by atoms with E-state index in [1.807, 2.05) is 0 Å². The first-order valence-electron chi connectivity index (χ1n) is 6.14. The SMILES string of the molecule is CC(C)(C)OC(=O)N1CCCCC(C(F)(F)F)C1. The van der Waals surface area contributed by atoms with Gasteiger partial charge in [-0.25, -0.2) is 4.79 Å². The zero-order valence-corrected chi connectivity index (χ0v) is 11.0. The largest absolute Gasteiger partial charge is 0.444 e. The molecule has 1 atom stereocenters.